The summed E-state index contributed by atoms with van der Waals surface area (Å²) in [6.07, 6.45) is 2.66. The zero-order valence-corrected chi connectivity index (χ0v) is 15.0. The van der Waals surface area contributed by atoms with Gasteiger partial charge in [-0.1, -0.05) is 30.3 Å². The van der Waals surface area contributed by atoms with Gasteiger partial charge in [-0.3, -0.25) is 9.59 Å². The molecular weight excluding hydrogens is 334 g/mol. The van der Waals surface area contributed by atoms with Crippen LogP contribution in [0.5, 0.6) is 0 Å². The largest absolute Gasteiger partial charge is 0.335 e. The lowest BCUT2D eigenvalue weighted by Crippen LogP contribution is -2.30. The van der Waals surface area contributed by atoms with Crippen LogP contribution in [0.1, 0.15) is 49.4 Å². The van der Waals surface area contributed by atoms with Gasteiger partial charge in [0.05, 0.1) is 17.7 Å². The number of rotatable bonds is 5. The zero-order chi connectivity index (χ0) is 17.4. The van der Waals surface area contributed by atoms with Crippen LogP contribution in [0.15, 0.2) is 35.7 Å². The van der Waals surface area contributed by atoms with Crippen LogP contribution in [-0.2, 0) is 9.59 Å². The van der Waals surface area contributed by atoms with Crippen LogP contribution < -0.4 is 5.32 Å². The number of aromatic nitrogens is 1. The molecule has 6 heteroatoms. The fourth-order valence-corrected chi connectivity index (χ4v) is 4.11. The molecule has 4 rings (SSSR count). The van der Waals surface area contributed by atoms with Crippen molar-refractivity contribution in [3.8, 4) is 0 Å². The summed E-state index contributed by atoms with van der Waals surface area (Å²) in [7, 11) is 0. The van der Waals surface area contributed by atoms with Gasteiger partial charge in [0.1, 0.15) is 0 Å². The normalized spacial score (nSPS) is 21.4. The lowest BCUT2D eigenvalue weighted by atomic mass is 10.1. The Kier molecular flexibility index (Phi) is 4.29. The molecule has 2 unspecified atom stereocenters. The Bertz CT molecular complexity index is 785. The number of benzene rings is 1. The Morgan fingerprint density at radius 1 is 1.32 bits per heavy atom. The van der Waals surface area contributed by atoms with Crippen molar-refractivity contribution in [2.75, 3.05) is 11.9 Å². The van der Waals surface area contributed by atoms with Crippen molar-refractivity contribution in [3.05, 3.63) is 47.0 Å². The SMILES string of the molecule is CC(c1ccccc1)N1CC(C(=O)Nc2nc(C3CC3)cs2)CC1=O. The van der Waals surface area contributed by atoms with Crippen molar-refractivity contribution in [1.29, 1.82) is 0 Å². The lowest BCUT2D eigenvalue weighted by molar-refractivity contribution is -0.129. The van der Waals surface area contributed by atoms with E-state index in [9.17, 15) is 9.59 Å². The molecule has 2 heterocycles. The van der Waals surface area contributed by atoms with Gasteiger partial charge in [-0.05, 0) is 25.3 Å². The van der Waals surface area contributed by atoms with Crippen molar-refractivity contribution in [2.24, 2.45) is 5.92 Å². The summed E-state index contributed by atoms with van der Waals surface area (Å²) in [6, 6.07) is 9.91. The van der Waals surface area contributed by atoms with Gasteiger partial charge < -0.3 is 10.2 Å². The van der Waals surface area contributed by atoms with Crippen molar-refractivity contribution in [1.82, 2.24) is 9.88 Å². The number of nitrogens with zero attached hydrogens (tertiary/aromatic N) is 2. The smallest absolute Gasteiger partial charge is 0.231 e. The molecule has 1 aromatic heterocycles. The molecule has 0 bridgehead atoms. The lowest BCUT2D eigenvalue weighted by Gasteiger charge is -2.25. The summed E-state index contributed by atoms with van der Waals surface area (Å²) in [4.78, 5) is 31.2. The summed E-state index contributed by atoms with van der Waals surface area (Å²) in [5, 5.41) is 5.57. The minimum Gasteiger partial charge on any atom is -0.335 e. The summed E-state index contributed by atoms with van der Waals surface area (Å²) in [5.74, 6) is 0.200. The molecule has 1 N–H and O–H groups in total. The first kappa shape index (κ1) is 16.3. The van der Waals surface area contributed by atoms with Crippen LogP contribution >= 0.6 is 11.3 Å². The van der Waals surface area contributed by atoms with Gasteiger partial charge in [0.25, 0.3) is 0 Å². The molecule has 0 radical (unpaired) electrons. The molecule has 0 spiro atoms. The second-order valence-electron chi connectivity index (χ2n) is 6.87. The first-order chi connectivity index (χ1) is 12.1. The van der Waals surface area contributed by atoms with Crippen LogP contribution in [0.2, 0.25) is 0 Å². The number of carbonyl (C=O) groups excluding carboxylic acids is 2. The summed E-state index contributed by atoms with van der Waals surface area (Å²) in [5.41, 5.74) is 2.17. The van der Waals surface area contributed by atoms with Crippen LogP contribution in [0, 0.1) is 5.92 Å². The van der Waals surface area contributed by atoms with E-state index < -0.39 is 0 Å². The predicted molar refractivity (Wildman–Crippen MR) is 97.4 cm³/mol. The summed E-state index contributed by atoms with van der Waals surface area (Å²) < 4.78 is 0. The van der Waals surface area contributed by atoms with Gasteiger partial charge in [0.15, 0.2) is 5.13 Å². The van der Waals surface area contributed by atoms with Crippen molar-refractivity contribution in [3.63, 3.8) is 0 Å². The Labute approximate surface area is 151 Å². The summed E-state index contributed by atoms with van der Waals surface area (Å²) >= 11 is 1.47. The maximum atomic E-state index is 12.5. The highest BCUT2D eigenvalue weighted by atomic mass is 32.1. The van der Waals surface area contributed by atoms with E-state index in [1.807, 2.05) is 42.6 Å². The molecule has 2 amide bonds. The molecule has 1 aromatic carbocycles. The number of thiazole rings is 1. The van der Waals surface area contributed by atoms with Crippen molar-refractivity contribution < 1.29 is 9.59 Å². The molecule has 5 nitrogen and oxygen atoms in total. The quantitative estimate of drug-likeness (QED) is 0.892. The number of amides is 2. The number of hydrogen-bond acceptors (Lipinski definition) is 4. The van der Waals surface area contributed by atoms with Crippen molar-refractivity contribution in [2.45, 2.75) is 38.1 Å². The molecular formula is C19H21N3O2S. The number of hydrogen-bond donors (Lipinski definition) is 1. The second-order valence-corrected chi connectivity index (χ2v) is 7.73. The second kappa shape index (κ2) is 6.59. The van der Waals surface area contributed by atoms with Crippen LogP contribution in [0.25, 0.3) is 0 Å². The molecule has 130 valence electrons. The number of nitrogens with one attached hydrogen (secondary N) is 1. The number of likely N-dealkylation sites (tertiary alicyclic amines) is 1. The number of carbonyl (C=O) groups is 2. The first-order valence-electron chi connectivity index (χ1n) is 8.72. The van der Waals surface area contributed by atoms with Gasteiger partial charge in [0, 0.05) is 24.3 Å². The molecule has 1 aliphatic heterocycles. The molecule has 2 aromatic rings. The Morgan fingerprint density at radius 2 is 2.08 bits per heavy atom. The average Bonchev–Trinajstić information content (AvgIpc) is 3.25. The van der Waals surface area contributed by atoms with Gasteiger partial charge in [-0.2, -0.15) is 0 Å². The van der Waals surface area contributed by atoms with Crippen LogP contribution in [-0.4, -0.2) is 28.2 Å². The topological polar surface area (TPSA) is 62.3 Å². The van der Waals surface area contributed by atoms with E-state index in [-0.39, 0.29) is 30.2 Å². The molecule has 2 atom stereocenters. The molecule has 25 heavy (non-hydrogen) atoms. The summed E-state index contributed by atoms with van der Waals surface area (Å²) in [6.45, 7) is 2.47. The van der Waals surface area contributed by atoms with Gasteiger partial charge in [-0.15, -0.1) is 11.3 Å². The zero-order valence-electron chi connectivity index (χ0n) is 14.1. The van der Waals surface area contributed by atoms with Gasteiger partial charge in [0.2, 0.25) is 11.8 Å². The monoisotopic (exact) mass is 355 g/mol. The van der Waals surface area contributed by atoms with E-state index in [0.717, 1.165) is 11.3 Å². The van der Waals surface area contributed by atoms with Gasteiger partial charge in [-0.25, -0.2) is 4.98 Å². The van der Waals surface area contributed by atoms with Gasteiger partial charge >= 0.3 is 0 Å². The number of anilines is 1. The highest BCUT2D eigenvalue weighted by molar-refractivity contribution is 7.13. The Balaban J connectivity index is 1.39. The van der Waals surface area contributed by atoms with Crippen LogP contribution in [0.3, 0.4) is 0 Å². The third-order valence-electron chi connectivity index (χ3n) is 5.03. The molecule has 1 saturated heterocycles. The first-order valence-corrected chi connectivity index (χ1v) is 9.60. The molecule has 1 saturated carbocycles. The van der Waals surface area contributed by atoms with Crippen LogP contribution in [0.4, 0.5) is 5.13 Å². The minimum atomic E-state index is -0.313. The van der Waals surface area contributed by atoms with E-state index >= 15 is 0 Å². The van der Waals surface area contributed by atoms with E-state index in [1.165, 1.54) is 24.2 Å². The Hall–Kier alpha value is -2.21. The molecule has 2 aliphatic rings. The van der Waals surface area contributed by atoms with E-state index in [1.54, 1.807) is 4.90 Å². The molecule has 2 fully saturated rings. The Morgan fingerprint density at radius 3 is 2.80 bits per heavy atom. The third kappa shape index (κ3) is 3.44. The van der Waals surface area contributed by atoms with E-state index in [2.05, 4.69) is 10.3 Å². The predicted octanol–water partition coefficient (Wildman–Crippen LogP) is 3.57. The standard InChI is InChI=1S/C19H21N3O2S/c1-12(13-5-3-2-4-6-13)22-10-15(9-17(22)23)18(24)21-19-20-16(11-25-19)14-7-8-14/h2-6,11-12,14-15H,7-10H2,1H3,(H,20,21,24). The van der Waals surface area contributed by atoms with E-state index in [0.29, 0.717) is 17.6 Å². The fourth-order valence-electron chi connectivity index (χ4n) is 3.31. The maximum Gasteiger partial charge on any atom is 0.231 e. The highest BCUT2D eigenvalue weighted by Gasteiger charge is 2.37. The van der Waals surface area contributed by atoms with Crippen molar-refractivity contribution >= 4 is 28.3 Å². The van der Waals surface area contributed by atoms with E-state index in [4.69, 9.17) is 0 Å². The molecule has 1 aliphatic carbocycles. The highest BCUT2D eigenvalue weighted by Crippen LogP contribution is 2.41. The average molecular weight is 355 g/mol. The fraction of sp³-hybridized carbons (Fsp3) is 0.421. The third-order valence-corrected chi connectivity index (χ3v) is 5.80. The minimum absolute atomic E-state index is 0.0205. The maximum absolute atomic E-state index is 12.5.